The van der Waals surface area contributed by atoms with E-state index in [0.29, 0.717) is 25.4 Å². The predicted octanol–water partition coefficient (Wildman–Crippen LogP) is 1.37. The molecule has 2 unspecified atom stereocenters. The number of nitrogens with zero attached hydrogens (tertiary/aromatic N) is 2. The quantitative estimate of drug-likeness (QED) is 0.825. The molecule has 120 valence electrons. The van der Waals surface area contributed by atoms with E-state index in [1.54, 1.807) is 6.92 Å². The fraction of sp³-hybridized carbons (Fsp3) is 0.867. The molecule has 0 aromatic carbocycles. The van der Waals surface area contributed by atoms with Gasteiger partial charge >= 0.3 is 12.0 Å². The van der Waals surface area contributed by atoms with Crippen molar-refractivity contribution in [3.63, 3.8) is 0 Å². The number of nitrogens with one attached hydrogen (secondary N) is 1. The Balaban J connectivity index is 1.90. The molecule has 2 rings (SSSR count). The molecule has 6 heteroatoms. The maximum Gasteiger partial charge on any atom is 0.329 e. The number of carbonyl (C=O) groups excluding carboxylic acids is 1. The molecule has 2 N–H and O–H groups in total. The van der Waals surface area contributed by atoms with Gasteiger partial charge in [-0.15, -0.1) is 0 Å². The SMILES string of the molecule is CN1CCCC(CNC(=O)N2CCCCC2(C)C(=O)O)C1. The van der Waals surface area contributed by atoms with Gasteiger partial charge in [-0.2, -0.15) is 0 Å². The number of likely N-dealkylation sites (tertiary alicyclic amines) is 2. The third-order valence-electron chi connectivity index (χ3n) is 4.86. The first-order valence-corrected chi connectivity index (χ1v) is 7.91. The van der Waals surface area contributed by atoms with Crippen LogP contribution in [0, 0.1) is 5.92 Å². The Labute approximate surface area is 126 Å². The molecule has 0 aromatic rings. The van der Waals surface area contributed by atoms with Crippen molar-refractivity contribution in [2.75, 3.05) is 33.2 Å². The van der Waals surface area contributed by atoms with Gasteiger partial charge in [-0.1, -0.05) is 0 Å². The van der Waals surface area contributed by atoms with Crippen LogP contribution in [-0.2, 0) is 4.79 Å². The van der Waals surface area contributed by atoms with E-state index in [0.717, 1.165) is 38.8 Å². The van der Waals surface area contributed by atoms with E-state index in [4.69, 9.17) is 0 Å². The van der Waals surface area contributed by atoms with Gasteiger partial charge < -0.3 is 20.2 Å². The summed E-state index contributed by atoms with van der Waals surface area (Å²) in [6, 6.07) is -0.229. The Morgan fingerprint density at radius 3 is 2.71 bits per heavy atom. The molecule has 0 bridgehead atoms. The predicted molar refractivity (Wildman–Crippen MR) is 80.2 cm³/mol. The number of piperidine rings is 2. The molecule has 2 fully saturated rings. The van der Waals surface area contributed by atoms with E-state index in [1.807, 2.05) is 0 Å². The Hall–Kier alpha value is -1.30. The largest absolute Gasteiger partial charge is 0.480 e. The summed E-state index contributed by atoms with van der Waals surface area (Å²) >= 11 is 0. The number of hydrogen-bond acceptors (Lipinski definition) is 3. The van der Waals surface area contributed by atoms with Gasteiger partial charge in [0.2, 0.25) is 0 Å². The lowest BCUT2D eigenvalue weighted by molar-refractivity contribution is -0.150. The van der Waals surface area contributed by atoms with Crippen molar-refractivity contribution in [2.45, 2.75) is 44.6 Å². The number of aliphatic carboxylic acids is 1. The van der Waals surface area contributed by atoms with Gasteiger partial charge in [0, 0.05) is 19.6 Å². The lowest BCUT2D eigenvalue weighted by atomic mass is 9.89. The molecule has 2 atom stereocenters. The summed E-state index contributed by atoms with van der Waals surface area (Å²) in [4.78, 5) is 27.7. The van der Waals surface area contributed by atoms with E-state index in [1.165, 1.54) is 4.90 Å². The van der Waals surface area contributed by atoms with Crippen molar-refractivity contribution in [1.82, 2.24) is 15.1 Å². The maximum absolute atomic E-state index is 12.4. The summed E-state index contributed by atoms with van der Waals surface area (Å²) in [6.07, 6.45) is 4.55. The van der Waals surface area contributed by atoms with E-state index < -0.39 is 11.5 Å². The number of carbonyl (C=O) groups is 2. The molecule has 2 amide bonds. The second-order valence-corrected chi connectivity index (χ2v) is 6.64. The molecule has 0 saturated carbocycles. The third kappa shape index (κ3) is 3.67. The Morgan fingerprint density at radius 2 is 2.05 bits per heavy atom. The smallest absolute Gasteiger partial charge is 0.329 e. The number of urea groups is 1. The first kappa shape index (κ1) is 16.1. The van der Waals surface area contributed by atoms with Crippen LogP contribution < -0.4 is 5.32 Å². The molecule has 21 heavy (non-hydrogen) atoms. The van der Waals surface area contributed by atoms with Crippen molar-refractivity contribution >= 4 is 12.0 Å². The molecule has 2 aliphatic rings. The number of carboxylic acid groups (broad SMARTS) is 1. The first-order valence-electron chi connectivity index (χ1n) is 7.91. The minimum Gasteiger partial charge on any atom is -0.480 e. The van der Waals surface area contributed by atoms with Crippen LogP contribution in [-0.4, -0.2) is 65.7 Å². The highest BCUT2D eigenvalue weighted by molar-refractivity contribution is 5.86. The average molecular weight is 297 g/mol. The molecule has 0 aliphatic carbocycles. The highest BCUT2D eigenvalue weighted by Gasteiger charge is 2.44. The van der Waals surface area contributed by atoms with Crippen molar-refractivity contribution < 1.29 is 14.7 Å². The zero-order chi connectivity index (χ0) is 15.5. The zero-order valence-electron chi connectivity index (χ0n) is 13.1. The monoisotopic (exact) mass is 297 g/mol. The summed E-state index contributed by atoms with van der Waals surface area (Å²) in [5, 5.41) is 12.4. The lowest BCUT2D eigenvalue weighted by Crippen LogP contribution is -2.60. The highest BCUT2D eigenvalue weighted by atomic mass is 16.4. The average Bonchev–Trinajstić information content (AvgIpc) is 2.45. The van der Waals surface area contributed by atoms with Crippen LogP contribution in [0.1, 0.15) is 39.0 Å². The summed E-state index contributed by atoms with van der Waals surface area (Å²) in [5.41, 5.74) is -1.06. The fourth-order valence-electron chi connectivity index (χ4n) is 3.44. The molecular formula is C15H27N3O3. The minimum absolute atomic E-state index is 0.229. The maximum atomic E-state index is 12.4. The summed E-state index contributed by atoms with van der Waals surface area (Å²) in [5.74, 6) is -0.441. The molecule has 2 aliphatic heterocycles. The van der Waals surface area contributed by atoms with E-state index >= 15 is 0 Å². The topological polar surface area (TPSA) is 72.9 Å². The molecule has 6 nitrogen and oxygen atoms in total. The summed E-state index contributed by atoms with van der Waals surface area (Å²) in [6.45, 7) is 4.93. The number of amides is 2. The Bertz CT molecular complexity index is 402. The zero-order valence-corrected chi connectivity index (χ0v) is 13.1. The lowest BCUT2D eigenvalue weighted by Gasteiger charge is -2.41. The Kier molecular flexibility index (Phi) is 5.08. The van der Waals surface area contributed by atoms with Crippen LogP contribution in [0.3, 0.4) is 0 Å². The van der Waals surface area contributed by atoms with Gasteiger partial charge in [0.15, 0.2) is 0 Å². The minimum atomic E-state index is -1.06. The summed E-state index contributed by atoms with van der Waals surface area (Å²) in [7, 11) is 2.10. The van der Waals surface area contributed by atoms with E-state index in [-0.39, 0.29) is 6.03 Å². The van der Waals surface area contributed by atoms with Crippen LogP contribution in [0.4, 0.5) is 4.79 Å². The number of carboxylic acids is 1. The third-order valence-corrected chi connectivity index (χ3v) is 4.86. The molecule has 0 aromatic heterocycles. The first-order chi connectivity index (χ1) is 9.93. The van der Waals surface area contributed by atoms with Gasteiger partial charge in [0.1, 0.15) is 5.54 Å². The van der Waals surface area contributed by atoms with Crippen LogP contribution in [0.25, 0.3) is 0 Å². The number of rotatable bonds is 3. The highest BCUT2D eigenvalue weighted by Crippen LogP contribution is 2.28. The van der Waals surface area contributed by atoms with Gasteiger partial charge in [-0.05, 0) is 58.5 Å². The van der Waals surface area contributed by atoms with Gasteiger partial charge in [0.05, 0.1) is 0 Å². The van der Waals surface area contributed by atoms with Gasteiger partial charge in [0.25, 0.3) is 0 Å². The van der Waals surface area contributed by atoms with Crippen LogP contribution in [0.15, 0.2) is 0 Å². The number of hydrogen-bond donors (Lipinski definition) is 2. The van der Waals surface area contributed by atoms with Gasteiger partial charge in [-0.25, -0.2) is 9.59 Å². The van der Waals surface area contributed by atoms with Crippen molar-refractivity contribution in [3.8, 4) is 0 Å². The van der Waals surface area contributed by atoms with Gasteiger partial charge in [-0.3, -0.25) is 0 Å². The molecule has 2 heterocycles. The normalized spacial score (nSPS) is 31.0. The van der Waals surface area contributed by atoms with Crippen molar-refractivity contribution in [3.05, 3.63) is 0 Å². The fourth-order valence-corrected chi connectivity index (χ4v) is 3.44. The van der Waals surface area contributed by atoms with Crippen LogP contribution in [0.5, 0.6) is 0 Å². The summed E-state index contributed by atoms with van der Waals surface area (Å²) < 4.78 is 0. The standard InChI is InChI=1S/C15H27N3O3/c1-15(13(19)20)7-3-4-9-18(15)14(21)16-10-12-6-5-8-17(2)11-12/h12H,3-11H2,1-2H3,(H,16,21)(H,19,20). The molecule has 2 saturated heterocycles. The van der Waals surface area contributed by atoms with Crippen LogP contribution >= 0.6 is 0 Å². The molecular weight excluding hydrogens is 270 g/mol. The van der Waals surface area contributed by atoms with Crippen LogP contribution in [0.2, 0.25) is 0 Å². The van der Waals surface area contributed by atoms with Crippen molar-refractivity contribution in [1.29, 1.82) is 0 Å². The van der Waals surface area contributed by atoms with Crippen molar-refractivity contribution in [2.24, 2.45) is 5.92 Å². The molecule has 0 radical (unpaired) electrons. The van der Waals surface area contributed by atoms with E-state index in [9.17, 15) is 14.7 Å². The Morgan fingerprint density at radius 1 is 1.29 bits per heavy atom. The molecule has 0 spiro atoms. The second-order valence-electron chi connectivity index (χ2n) is 6.64. The van der Waals surface area contributed by atoms with E-state index in [2.05, 4.69) is 17.3 Å². The second kappa shape index (κ2) is 6.64.